The van der Waals surface area contributed by atoms with Crippen molar-refractivity contribution in [3.05, 3.63) is 35.9 Å². The summed E-state index contributed by atoms with van der Waals surface area (Å²) in [6.45, 7) is 3.79. The van der Waals surface area contributed by atoms with Gasteiger partial charge in [0.05, 0.1) is 5.88 Å². The summed E-state index contributed by atoms with van der Waals surface area (Å²) in [5, 5.41) is 9.29. The summed E-state index contributed by atoms with van der Waals surface area (Å²) in [7, 11) is 0. The lowest BCUT2D eigenvalue weighted by Crippen LogP contribution is -2.48. The molecular formula is C14H17NO4S. The predicted octanol–water partition coefficient (Wildman–Crippen LogP) is 2.56. The first-order valence-electron chi connectivity index (χ1n) is 6.26. The molecule has 1 atom stereocenters. The van der Waals surface area contributed by atoms with Crippen molar-refractivity contribution in [1.29, 1.82) is 0 Å². The molecule has 1 aliphatic rings. The van der Waals surface area contributed by atoms with E-state index >= 15 is 0 Å². The number of amides is 1. The first-order chi connectivity index (χ1) is 9.42. The summed E-state index contributed by atoms with van der Waals surface area (Å²) in [4.78, 5) is 24.7. The molecule has 0 unspecified atom stereocenters. The van der Waals surface area contributed by atoms with Crippen molar-refractivity contribution in [2.45, 2.75) is 31.2 Å². The van der Waals surface area contributed by atoms with E-state index in [9.17, 15) is 14.7 Å². The zero-order valence-electron chi connectivity index (χ0n) is 11.4. The molecule has 108 valence electrons. The fourth-order valence-electron chi connectivity index (χ4n) is 2.16. The molecule has 1 aromatic rings. The molecule has 0 radical (unpaired) electrons. The lowest BCUT2D eigenvalue weighted by Gasteiger charge is -2.27. The Balaban J connectivity index is 2.00. The van der Waals surface area contributed by atoms with Crippen LogP contribution in [0.15, 0.2) is 30.3 Å². The third kappa shape index (κ3) is 3.07. The van der Waals surface area contributed by atoms with Gasteiger partial charge in [-0.05, 0) is 19.4 Å². The number of nitrogens with zero attached hydrogens (tertiary/aromatic N) is 1. The zero-order valence-corrected chi connectivity index (χ0v) is 12.2. The van der Waals surface area contributed by atoms with Crippen LogP contribution in [0.4, 0.5) is 4.79 Å². The smallest absolute Gasteiger partial charge is 0.411 e. The number of carboxylic acid groups (broad SMARTS) is 1. The minimum atomic E-state index is -1.00. The van der Waals surface area contributed by atoms with Gasteiger partial charge in [0.2, 0.25) is 0 Å². The van der Waals surface area contributed by atoms with E-state index in [-0.39, 0.29) is 6.61 Å². The summed E-state index contributed by atoms with van der Waals surface area (Å²) in [5.41, 5.74) is 0.874. The number of thioether (sulfide) groups is 1. The Bertz CT molecular complexity index is 503. The van der Waals surface area contributed by atoms with E-state index in [4.69, 9.17) is 4.74 Å². The maximum absolute atomic E-state index is 12.0. The number of aliphatic carboxylic acids is 1. The highest BCUT2D eigenvalue weighted by Crippen LogP contribution is 2.39. The molecule has 1 heterocycles. The molecule has 0 aromatic heterocycles. The molecule has 1 aromatic carbocycles. The Hall–Kier alpha value is -1.69. The van der Waals surface area contributed by atoms with Crippen molar-refractivity contribution >= 4 is 23.8 Å². The maximum atomic E-state index is 12.0. The van der Waals surface area contributed by atoms with Gasteiger partial charge in [-0.1, -0.05) is 30.3 Å². The average Bonchev–Trinajstić information content (AvgIpc) is 2.73. The topological polar surface area (TPSA) is 66.8 Å². The summed E-state index contributed by atoms with van der Waals surface area (Å²) in [6.07, 6.45) is -0.584. The molecule has 1 N–H and O–H groups in total. The second-order valence-corrected chi connectivity index (χ2v) is 6.73. The highest BCUT2D eigenvalue weighted by molar-refractivity contribution is 8.00. The molecule has 1 saturated heterocycles. The molecule has 2 rings (SSSR count). The van der Waals surface area contributed by atoms with Crippen LogP contribution in [-0.4, -0.2) is 38.7 Å². The number of carboxylic acids is 1. The van der Waals surface area contributed by atoms with Gasteiger partial charge in [-0.15, -0.1) is 11.8 Å². The number of carbonyl (C=O) groups is 2. The minimum Gasteiger partial charge on any atom is -0.480 e. The van der Waals surface area contributed by atoms with E-state index < -0.39 is 22.9 Å². The van der Waals surface area contributed by atoms with E-state index in [0.717, 1.165) is 5.56 Å². The van der Waals surface area contributed by atoms with Crippen LogP contribution in [0.2, 0.25) is 0 Å². The highest BCUT2D eigenvalue weighted by Gasteiger charge is 2.48. The van der Waals surface area contributed by atoms with Crippen LogP contribution < -0.4 is 0 Å². The number of rotatable bonds is 3. The van der Waals surface area contributed by atoms with Crippen LogP contribution in [0.25, 0.3) is 0 Å². The lowest BCUT2D eigenvalue weighted by atomic mass is 10.0. The van der Waals surface area contributed by atoms with Gasteiger partial charge in [-0.25, -0.2) is 9.59 Å². The van der Waals surface area contributed by atoms with Crippen LogP contribution >= 0.6 is 11.8 Å². The summed E-state index contributed by atoms with van der Waals surface area (Å²) < 4.78 is 4.68. The van der Waals surface area contributed by atoms with Crippen LogP contribution in [0.1, 0.15) is 19.4 Å². The molecule has 0 aliphatic carbocycles. The van der Waals surface area contributed by atoms with Gasteiger partial charge in [0.15, 0.2) is 0 Å². The van der Waals surface area contributed by atoms with Gasteiger partial charge in [0.1, 0.15) is 12.6 Å². The Morgan fingerprint density at radius 1 is 1.40 bits per heavy atom. The molecule has 0 spiro atoms. The van der Waals surface area contributed by atoms with E-state index in [2.05, 4.69) is 0 Å². The number of hydrogen-bond acceptors (Lipinski definition) is 4. The van der Waals surface area contributed by atoms with Crippen LogP contribution in [0.5, 0.6) is 0 Å². The van der Waals surface area contributed by atoms with Crippen molar-refractivity contribution in [3.63, 3.8) is 0 Å². The monoisotopic (exact) mass is 295 g/mol. The molecule has 5 nitrogen and oxygen atoms in total. The van der Waals surface area contributed by atoms with Crippen molar-refractivity contribution in [1.82, 2.24) is 4.90 Å². The minimum absolute atomic E-state index is 0.146. The fourth-order valence-corrected chi connectivity index (χ4v) is 3.27. The van der Waals surface area contributed by atoms with E-state index in [1.807, 2.05) is 44.2 Å². The molecule has 0 saturated carbocycles. The normalized spacial score (nSPS) is 20.7. The Morgan fingerprint density at radius 3 is 2.65 bits per heavy atom. The van der Waals surface area contributed by atoms with Crippen molar-refractivity contribution in [3.8, 4) is 0 Å². The number of carbonyl (C=O) groups excluding carboxylic acids is 1. The van der Waals surface area contributed by atoms with E-state index in [0.29, 0.717) is 5.88 Å². The molecule has 0 bridgehead atoms. The van der Waals surface area contributed by atoms with Crippen LogP contribution in [-0.2, 0) is 16.1 Å². The van der Waals surface area contributed by atoms with Gasteiger partial charge < -0.3 is 9.84 Å². The maximum Gasteiger partial charge on any atom is 0.411 e. The Morgan fingerprint density at radius 2 is 2.05 bits per heavy atom. The quantitative estimate of drug-likeness (QED) is 0.928. The second kappa shape index (κ2) is 5.75. The molecule has 1 aliphatic heterocycles. The number of hydrogen-bond donors (Lipinski definition) is 1. The number of benzene rings is 1. The standard InChI is InChI=1S/C14H17NO4S/c1-14(2)11(12(16)17)15(9-20-14)13(18)19-8-10-6-4-3-5-7-10/h3-7,11H,8-9H2,1-2H3,(H,16,17)/t11-/m1/s1. The molecular weight excluding hydrogens is 278 g/mol. The zero-order chi connectivity index (χ0) is 14.8. The van der Waals surface area contributed by atoms with Crippen LogP contribution in [0.3, 0.4) is 0 Å². The molecule has 20 heavy (non-hydrogen) atoms. The predicted molar refractivity (Wildman–Crippen MR) is 76.4 cm³/mol. The van der Waals surface area contributed by atoms with E-state index in [1.54, 1.807) is 0 Å². The van der Waals surface area contributed by atoms with Crippen molar-refractivity contribution < 1.29 is 19.4 Å². The molecule has 1 fully saturated rings. The van der Waals surface area contributed by atoms with Crippen molar-refractivity contribution in [2.75, 3.05) is 5.88 Å². The Labute approximate surface area is 121 Å². The fraction of sp³-hybridized carbons (Fsp3) is 0.429. The third-order valence-corrected chi connectivity index (χ3v) is 4.59. The SMILES string of the molecule is CC1(C)SCN(C(=O)OCc2ccccc2)[C@@H]1C(=O)O. The highest BCUT2D eigenvalue weighted by atomic mass is 32.2. The first kappa shape index (κ1) is 14.7. The molecule has 6 heteroatoms. The lowest BCUT2D eigenvalue weighted by molar-refractivity contribution is -0.142. The summed E-state index contributed by atoms with van der Waals surface area (Å²) in [5.74, 6) is -0.672. The third-order valence-electron chi connectivity index (χ3n) is 3.22. The van der Waals surface area contributed by atoms with Gasteiger partial charge in [0.25, 0.3) is 0 Å². The average molecular weight is 295 g/mol. The van der Waals surface area contributed by atoms with Gasteiger partial charge >= 0.3 is 12.1 Å². The van der Waals surface area contributed by atoms with Crippen LogP contribution in [0, 0.1) is 0 Å². The number of ether oxygens (including phenoxy) is 1. The Kier molecular flexibility index (Phi) is 4.23. The molecule has 1 amide bonds. The van der Waals surface area contributed by atoms with E-state index in [1.165, 1.54) is 16.7 Å². The van der Waals surface area contributed by atoms with Gasteiger partial charge in [-0.3, -0.25) is 4.90 Å². The van der Waals surface area contributed by atoms with Crippen molar-refractivity contribution in [2.24, 2.45) is 0 Å². The first-order valence-corrected chi connectivity index (χ1v) is 7.24. The van der Waals surface area contributed by atoms with Gasteiger partial charge in [0, 0.05) is 4.75 Å². The largest absolute Gasteiger partial charge is 0.480 e. The van der Waals surface area contributed by atoms with Gasteiger partial charge in [-0.2, -0.15) is 0 Å². The summed E-state index contributed by atoms with van der Waals surface area (Å²) in [6, 6.07) is 8.44. The second-order valence-electron chi connectivity index (χ2n) is 5.13. The summed E-state index contributed by atoms with van der Waals surface area (Å²) >= 11 is 1.44.